The van der Waals surface area contributed by atoms with Crippen LogP contribution in [0, 0.1) is 11.8 Å². The van der Waals surface area contributed by atoms with E-state index in [4.69, 9.17) is 5.73 Å². The number of benzene rings is 1. The van der Waals surface area contributed by atoms with E-state index in [2.05, 4.69) is 27.7 Å². The third-order valence-corrected chi connectivity index (χ3v) is 2.59. The molecule has 0 radical (unpaired) electrons. The quantitative estimate of drug-likeness (QED) is 0.842. The van der Waals surface area contributed by atoms with Gasteiger partial charge in [-0.3, -0.25) is 4.79 Å². The summed E-state index contributed by atoms with van der Waals surface area (Å²) >= 11 is 0. The number of nitrogens with zero attached hydrogens (tertiary/aromatic N) is 1. The van der Waals surface area contributed by atoms with Crippen molar-refractivity contribution in [1.29, 1.82) is 0 Å². The highest BCUT2D eigenvalue weighted by molar-refractivity contribution is 5.95. The highest BCUT2D eigenvalue weighted by Crippen LogP contribution is 2.13. The van der Waals surface area contributed by atoms with Crippen molar-refractivity contribution in [2.75, 3.05) is 18.8 Å². The molecule has 0 bridgehead atoms. The average Bonchev–Trinajstić information content (AvgIpc) is 2.26. The summed E-state index contributed by atoms with van der Waals surface area (Å²) in [6.45, 7) is 10.1. The van der Waals surface area contributed by atoms with E-state index in [1.165, 1.54) is 0 Å². The van der Waals surface area contributed by atoms with Crippen molar-refractivity contribution in [3.8, 4) is 0 Å². The largest absolute Gasteiger partial charge is 0.399 e. The Balaban J connectivity index is 0.00000324. The third-order valence-electron chi connectivity index (χ3n) is 2.59. The van der Waals surface area contributed by atoms with Gasteiger partial charge in [-0.1, -0.05) is 33.8 Å². The lowest BCUT2D eigenvalue weighted by atomic mass is 10.1. The second kappa shape index (κ2) is 8.05. The molecule has 1 rings (SSSR count). The Morgan fingerprint density at radius 3 is 2.11 bits per heavy atom. The number of carbonyl (C=O) groups is 1. The van der Waals surface area contributed by atoms with Crippen LogP contribution in [0.4, 0.5) is 5.69 Å². The van der Waals surface area contributed by atoms with Crippen LogP contribution < -0.4 is 5.73 Å². The molecule has 1 amide bonds. The van der Waals surface area contributed by atoms with Crippen molar-refractivity contribution in [3.63, 3.8) is 0 Å². The fraction of sp³-hybridized carbons (Fsp3) is 0.533. The van der Waals surface area contributed by atoms with Crippen LogP contribution in [0.2, 0.25) is 0 Å². The molecule has 0 spiro atoms. The van der Waals surface area contributed by atoms with E-state index in [0.29, 0.717) is 23.1 Å². The molecule has 0 aliphatic rings. The maximum Gasteiger partial charge on any atom is 0.253 e. The molecule has 0 heterocycles. The number of amides is 1. The molecular formula is C15H25ClN2O. The van der Waals surface area contributed by atoms with Gasteiger partial charge in [-0.05, 0) is 30.0 Å². The van der Waals surface area contributed by atoms with Gasteiger partial charge in [0.2, 0.25) is 0 Å². The Morgan fingerprint density at radius 1 is 1.16 bits per heavy atom. The molecule has 2 N–H and O–H groups in total. The smallest absolute Gasteiger partial charge is 0.253 e. The second-order valence-electron chi connectivity index (χ2n) is 5.62. The number of hydrogen-bond acceptors (Lipinski definition) is 2. The summed E-state index contributed by atoms with van der Waals surface area (Å²) in [4.78, 5) is 14.4. The number of nitrogens with two attached hydrogens (primary N) is 1. The summed E-state index contributed by atoms with van der Waals surface area (Å²) in [5, 5.41) is 0. The predicted molar refractivity (Wildman–Crippen MR) is 83.7 cm³/mol. The van der Waals surface area contributed by atoms with Crippen LogP contribution in [0.5, 0.6) is 0 Å². The number of nitrogen functional groups attached to an aromatic ring is 1. The van der Waals surface area contributed by atoms with Crippen LogP contribution in [0.3, 0.4) is 0 Å². The highest BCUT2D eigenvalue weighted by atomic mass is 35.5. The fourth-order valence-electron chi connectivity index (χ4n) is 1.98. The lowest BCUT2D eigenvalue weighted by Gasteiger charge is -2.26. The van der Waals surface area contributed by atoms with Gasteiger partial charge in [-0.15, -0.1) is 12.4 Å². The number of halogens is 1. The molecule has 1 aromatic carbocycles. The Morgan fingerprint density at radius 2 is 1.68 bits per heavy atom. The maximum absolute atomic E-state index is 12.4. The zero-order valence-electron chi connectivity index (χ0n) is 12.2. The molecule has 0 unspecified atom stereocenters. The summed E-state index contributed by atoms with van der Waals surface area (Å²) in [7, 11) is 0. The molecule has 0 saturated heterocycles. The monoisotopic (exact) mass is 284 g/mol. The topological polar surface area (TPSA) is 46.3 Å². The number of hydrogen-bond donors (Lipinski definition) is 1. The van der Waals surface area contributed by atoms with Crippen LogP contribution in [0.15, 0.2) is 24.3 Å². The van der Waals surface area contributed by atoms with Gasteiger partial charge in [0, 0.05) is 24.3 Å². The number of anilines is 1. The summed E-state index contributed by atoms with van der Waals surface area (Å²) in [5.41, 5.74) is 7.04. The van der Waals surface area contributed by atoms with Crippen LogP contribution in [0.1, 0.15) is 38.1 Å². The van der Waals surface area contributed by atoms with E-state index in [1.54, 1.807) is 12.1 Å². The number of carbonyl (C=O) groups excluding carboxylic acids is 1. The Bertz CT molecular complexity index is 395. The lowest BCUT2D eigenvalue weighted by Crippen LogP contribution is -2.37. The van der Waals surface area contributed by atoms with Crippen LogP contribution in [0.25, 0.3) is 0 Å². The minimum atomic E-state index is 0. The van der Waals surface area contributed by atoms with E-state index < -0.39 is 0 Å². The van der Waals surface area contributed by atoms with Gasteiger partial charge in [0.05, 0.1) is 0 Å². The van der Waals surface area contributed by atoms with Crippen molar-refractivity contribution in [3.05, 3.63) is 29.8 Å². The van der Waals surface area contributed by atoms with Crippen molar-refractivity contribution in [1.82, 2.24) is 4.90 Å². The highest BCUT2D eigenvalue weighted by Gasteiger charge is 2.17. The Kier molecular flexibility index (Phi) is 7.53. The van der Waals surface area contributed by atoms with Crippen molar-refractivity contribution >= 4 is 24.0 Å². The van der Waals surface area contributed by atoms with Crippen molar-refractivity contribution < 1.29 is 4.79 Å². The van der Waals surface area contributed by atoms with E-state index in [1.807, 2.05) is 17.0 Å². The molecule has 0 aliphatic heterocycles. The summed E-state index contributed by atoms with van der Waals surface area (Å²) in [6, 6.07) is 7.19. The molecule has 1 aromatic rings. The first kappa shape index (κ1) is 17.8. The number of rotatable bonds is 5. The van der Waals surface area contributed by atoms with Crippen LogP contribution >= 0.6 is 12.4 Å². The van der Waals surface area contributed by atoms with Gasteiger partial charge in [0.15, 0.2) is 0 Å². The zero-order valence-corrected chi connectivity index (χ0v) is 13.0. The molecule has 0 saturated carbocycles. The first-order valence-electron chi connectivity index (χ1n) is 6.55. The molecule has 4 heteroatoms. The van der Waals surface area contributed by atoms with E-state index in [-0.39, 0.29) is 18.3 Å². The van der Waals surface area contributed by atoms with Crippen LogP contribution in [-0.4, -0.2) is 23.9 Å². The van der Waals surface area contributed by atoms with E-state index in [0.717, 1.165) is 13.1 Å². The second-order valence-corrected chi connectivity index (χ2v) is 5.62. The lowest BCUT2D eigenvalue weighted by molar-refractivity contribution is 0.0715. The van der Waals surface area contributed by atoms with Crippen LogP contribution in [-0.2, 0) is 0 Å². The molecule has 0 fully saturated rings. The minimum Gasteiger partial charge on any atom is -0.399 e. The standard InChI is InChI=1S/C15H24N2O.ClH/c1-11(2)9-17(10-12(3)4)15(18)13-6-5-7-14(16)8-13;/h5-8,11-12H,9-10,16H2,1-4H3;1H. The molecule has 108 valence electrons. The summed E-state index contributed by atoms with van der Waals surface area (Å²) in [6.07, 6.45) is 0. The van der Waals surface area contributed by atoms with E-state index in [9.17, 15) is 4.79 Å². The molecular weight excluding hydrogens is 260 g/mol. The van der Waals surface area contributed by atoms with Gasteiger partial charge >= 0.3 is 0 Å². The Labute approximate surface area is 122 Å². The predicted octanol–water partition coefficient (Wildman–Crippen LogP) is 3.44. The molecule has 3 nitrogen and oxygen atoms in total. The van der Waals surface area contributed by atoms with Gasteiger partial charge in [0.1, 0.15) is 0 Å². The molecule has 0 atom stereocenters. The van der Waals surface area contributed by atoms with Gasteiger partial charge in [-0.25, -0.2) is 0 Å². The van der Waals surface area contributed by atoms with Crippen molar-refractivity contribution in [2.45, 2.75) is 27.7 Å². The minimum absolute atomic E-state index is 0. The van der Waals surface area contributed by atoms with Gasteiger partial charge in [-0.2, -0.15) is 0 Å². The fourth-order valence-corrected chi connectivity index (χ4v) is 1.98. The first-order chi connectivity index (χ1) is 8.40. The zero-order chi connectivity index (χ0) is 13.7. The molecule has 0 aliphatic carbocycles. The first-order valence-corrected chi connectivity index (χ1v) is 6.55. The molecule has 0 aromatic heterocycles. The normalized spacial score (nSPS) is 10.4. The SMILES string of the molecule is CC(C)CN(CC(C)C)C(=O)c1cccc(N)c1.Cl. The average molecular weight is 285 g/mol. The Hall–Kier alpha value is -1.22. The molecule has 19 heavy (non-hydrogen) atoms. The summed E-state index contributed by atoms with van der Waals surface area (Å²) < 4.78 is 0. The van der Waals surface area contributed by atoms with Gasteiger partial charge < -0.3 is 10.6 Å². The third kappa shape index (κ3) is 5.97. The maximum atomic E-state index is 12.4. The van der Waals surface area contributed by atoms with Crippen molar-refractivity contribution in [2.24, 2.45) is 11.8 Å². The van der Waals surface area contributed by atoms with Gasteiger partial charge in [0.25, 0.3) is 5.91 Å². The van der Waals surface area contributed by atoms with E-state index >= 15 is 0 Å². The summed E-state index contributed by atoms with van der Waals surface area (Å²) in [5.74, 6) is 1.01.